The molecule has 5 heteroatoms. The maximum absolute atomic E-state index is 5.17. The number of anilines is 2. The zero-order valence-electron chi connectivity index (χ0n) is 19.6. The number of hydrogen-bond acceptors (Lipinski definition) is 5. The number of nitrogens with one attached hydrogen (secondary N) is 1. The van der Waals surface area contributed by atoms with Gasteiger partial charge in [0.2, 0.25) is 5.95 Å². The number of nitrogens with zero attached hydrogens (tertiary/aromatic N) is 4. The molecule has 1 N–H and O–H groups in total. The van der Waals surface area contributed by atoms with Crippen LogP contribution in [0.15, 0.2) is 30.3 Å². The fourth-order valence-electron chi connectivity index (χ4n) is 5.69. The number of benzene rings is 1. The minimum Gasteiger partial charge on any atom is -0.356 e. The second-order valence-electron chi connectivity index (χ2n) is 9.96. The summed E-state index contributed by atoms with van der Waals surface area (Å²) in [5.41, 5.74) is 4.15. The number of likely N-dealkylation sites (tertiary alicyclic amines) is 1. The number of aryl methyl sites for hydroxylation is 1. The molecule has 0 amide bonds. The van der Waals surface area contributed by atoms with E-state index in [2.05, 4.69) is 45.4 Å². The van der Waals surface area contributed by atoms with Crippen LogP contribution in [-0.2, 0) is 19.4 Å². The van der Waals surface area contributed by atoms with Crippen LogP contribution >= 0.6 is 0 Å². The Balaban J connectivity index is 1.33. The monoisotopic (exact) mass is 433 g/mol. The van der Waals surface area contributed by atoms with Gasteiger partial charge in [0.1, 0.15) is 5.82 Å². The first-order valence-electron chi connectivity index (χ1n) is 13.0. The number of rotatable bonds is 5. The summed E-state index contributed by atoms with van der Waals surface area (Å²) in [6.07, 6.45) is 13.8. The van der Waals surface area contributed by atoms with E-state index in [1.165, 1.54) is 87.0 Å². The van der Waals surface area contributed by atoms with Crippen molar-refractivity contribution in [2.24, 2.45) is 0 Å². The quantitative estimate of drug-likeness (QED) is 0.702. The second-order valence-corrected chi connectivity index (χ2v) is 9.96. The molecule has 32 heavy (non-hydrogen) atoms. The number of aromatic nitrogens is 2. The van der Waals surface area contributed by atoms with Crippen LogP contribution in [0, 0.1) is 0 Å². The highest BCUT2D eigenvalue weighted by Gasteiger charge is 2.24. The molecule has 0 radical (unpaired) electrons. The molecule has 5 rings (SSSR count). The van der Waals surface area contributed by atoms with E-state index in [9.17, 15) is 0 Å². The van der Waals surface area contributed by atoms with Crippen LogP contribution in [0.4, 0.5) is 11.8 Å². The van der Waals surface area contributed by atoms with E-state index in [1.807, 2.05) is 0 Å². The minimum absolute atomic E-state index is 0.417. The molecule has 172 valence electrons. The van der Waals surface area contributed by atoms with E-state index in [4.69, 9.17) is 9.97 Å². The highest BCUT2D eigenvalue weighted by atomic mass is 15.2. The molecule has 1 unspecified atom stereocenters. The van der Waals surface area contributed by atoms with Crippen LogP contribution in [0.3, 0.4) is 0 Å². The van der Waals surface area contributed by atoms with E-state index in [0.717, 1.165) is 45.0 Å². The third-order valence-electron chi connectivity index (χ3n) is 7.40. The molecular formula is C27H39N5. The van der Waals surface area contributed by atoms with Gasteiger partial charge in [0.15, 0.2) is 0 Å². The molecule has 2 fully saturated rings. The standard InChI is InChI=1S/C27H39N5/c1-2-10-19-32(18-9-1)26-24-15-6-7-16-25(24)29-27(30-26)28-23-14-8-11-17-31(21-23)20-22-12-4-3-5-13-22/h3-5,12-13,23H,1-2,6-11,14-21H2,(H,28,29,30). The van der Waals surface area contributed by atoms with Gasteiger partial charge in [-0.25, -0.2) is 4.98 Å². The van der Waals surface area contributed by atoms with E-state index >= 15 is 0 Å². The van der Waals surface area contributed by atoms with Gasteiger partial charge in [-0.15, -0.1) is 0 Å². The highest BCUT2D eigenvalue weighted by molar-refractivity contribution is 5.54. The second kappa shape index (κ2) is 10.7. The van der Waals surface area contributed by atoms with Gasteiger partial charge in [-0.1, -0.05) is 49.6 Å². The van der Waals surface area contributed by atoms with Crippen LogP contribution in [0.2, 0.25) is 0 Å². The number of hydrogen-bond donors (Lipinski definition) is 1. The van der Waals surface area contributed by atoms with Crippen LogP contribution in [0.1, 0.15) is 74.6 Å². The van der Waals surface area contributed by atoms with Crippen molar-refractivity contribution < 1.29 is 0 Å². The van der Waals surface area contributed by atoms with Crippen LogP contribution < -0.4 is 10.2 Å². The summed E-state index contributed by atoms with van der Waals surface area (Å²) in [7, 11) is 0. The van der Waals surface area contributed by atoms with E-state index in [1.54, 1.807) is 0 Å². The van der Waals surface area contributed by atoms with Gasteiger partial charge < -0.3 is 10.2 Å². The molecule has 0 saturated carbocycles. The van der Waals surface area contributed by atoms with Gasteiger partial charge in [-0.05, 0) is 63.5 Å². The Morgan fingerprint density at radius 2 is 1.59 bits per heavy atom. The first-order valence-corrected chi connectivity index (χ1v) is 13.0. The lowest BCUT2D eigenvalue weighted by atomic mass is 9.96. The fourth-order valence-corrected chi connectivity index (χ4v) is 5.69. The molecular weight excluding hydrogens is 394 g/mol. The van der Waals surface area contributed by atoms with Crippen molar-refractivity contribution in [2.75, 3.05) is 36.4 Å². The Kier molecular flexibility index (Phi) is 7.22. The lowest BCUT2D eigenvalue weighted by molar-refractivity contribution is 0.269. The molecule has 2 aliphatic heterocycles. The smallest absolute Gasteiger partial charge is 0.225 e. The molecule has 5 nitrogen and oxygen atoms in total. The molecule has 3 aliphatic rings. The molecule has 0 spiro atoms. The minimum atomic E-state index is 0.417. The molecule has 1 atom stereocenters. The van der Waals surface area contributed by atoms with Crippen molar-refractivity contribution in [2.45, 2.75) is 83.2 Å². The lowest BCUT2D eigenvalue weighted by Gasteiger charge is -2.29. The maximum atomic E-state index is 5.17. The molecule has 1 aliphatic carbocycles. The fraction of sp³-hybridized carbons (Fsp3) is 0.630. The zero-order valence-corrected chi connectivity index (χ0v) is 19.6. The van der Waals surface area contributed by atoms with Crippen molar-refractivity contribution in [3.05, 3.63) is 47.2 Å². The molecule has 0 bridgehead atoms. The van der Waals surface area contributed by atoms with Gasteiger partial charge in [-0.2, -0.15) is 4.98 Å². The average Bonchev–Trinajstić information content (AvgIpc) is 3.22. The van der Waals surface area contributed by atoms with E-state index in [-0.39, 0.29) is 0 Å². The molecule has 2 saturated heterocycles. The summed E-state index contributed by atoms with van der Waals surface area (Å²) in [5, 5.41) is 3.79. The first-order chi connectivity index (χ1) is 15.8. The largest absolute Gasteiger partial charge is 0.356 e. The van der Waals surface area contributed by atoms with Gasteiger partial charge >= 0.3 is 0 Å². The predicted molar refractivity (Wildman–Crippen MR) is 132 cm³/mol. The maximum Gasteiger partial charge on any atom is 0.225 e. The van der Waals surface area contributed by atoms with Crippen molar-refractivity contribution in [3.8, 4) is 0 Å². The van der Waals surface area contributed by atoms with Crippen molar-refractivity contribution >= 4 is 11.8 Å². The van der Waals surface area contributed by atoms with Crippen molar-refractivity contribution in [1.82, 2.24) is 14.9 Å². The molecule has 3 heterocycles. The Morgan fingerprint density at radius 3 is 2.44 bits per heavy atom. The Bertz CT molecular complexity index is 860. The van der Waals surface area contributed by atoms with Crippen LogP contribution in [0.5, 0.6) is 0 Å². The highest BCUT2D eigenvalue weighted by Crippen LogP contribution is 2.31. The summed E-state index contributed by atoms with van der Waals surface area (Å²) in [4.78, 5) is 15.4. The third-order valence-corrected chi connectivity index (χ3v) is 7.40. The van der Waals surface area contributed by atoms with Gasteiger partial charge in [-0.3, -0.25) is 4.90 Å². The lowest BCUT2D eigenvalue weighted by Crippen LogP contribution is -2.36. The van der Waals surface area contributed by atoms with E-state index < -0.39 is 0 Å². The Hall–Kier alpha value is -2.14. The van der Waals surface area contributed by atoms with Crippen LogP contribution in [0.25, 0.3) is 0 Å². The SMILES string of the molecule is c1ccc(CN2CCCCC(Nc3nc4c(c(N5CCCCCC5)n3)CCCC4)C2)cc1. The zero-order chi connectivity index (χ0) is 21.6. The molecule has 2 aromatic rings. The summed E-state index contributed by atoms with van der Waals surface area (Å²) >= 11 is 0. The summed E-state index contributed by atoms with van der Waals surface area (Å²) in [5.74, 6) is 2.12. The number of fused-ring (bicyclic) bond motifs is 1. The van der Waals surface area contributed by atoms with Gasteiger partial charge in [0, 0.05) is 37.8 Å². The first kappa shape index (κ1) is 21.7. The Labute approximate surface area is 193 Å². The van der Waals surface area contributed by atoms with Gasteiger partial charge in [0.05, 0.1) is 5.69 Å². The summed E-state index contributed by atoms with van der Waals surface area (Å²) in [6.45, 7) is 5.57. The predicted octanol–water partition coefficient (Wildman–Crippen LogP) is 5.20. The summed E-state index contributed by atoms with van der Waals surface area (Å²) in [6, 6.07) is 11.3. The Morgan fingerprint density at radius 1 is 0.812 bits per heavy atom. The van der Waals surface area contributed by atoms with Crippen molar-refractivity contribution in [1.29, 1.82) is 0 Å². The molecule has 1 aromatic carbocycles. The van der Waals surface area contributed by atoms with Gasteiger partial charge in [0.25, 0.3) is 0 Å². The summed E-state index contributed by atoms with van der Waals surface area (Å²) < 4.78 is 0. The topological polar surface area (TPSA) is 44.3 Å². The molecule has 1 aromatic heterocycles. The average molecular weight is 434 g/mol. The normalized spacial score (nSPS) is 22.6. The third kappa shape index (κ3) is 5.43. The van der Waals surface area contributed by atoms with Crippen LogP contribution in [-0.4, -0.2) is 47.1 Å². The van der Waals surface area contributed by atoms with Crippen molar-refractivity contribution in [3.63, 3.8) is 0 Å². The van der Waals surface area contributed by atoms with E-state index in [0.29, 0.717) is 6.04 Å².